The molecular formula is C25H24ClF5N4O4. The predicted molar refractivity (Wildman–Crippen MR) is 132 cm³/mol. The number of aromatic nitrogens is 2. The van der Waals surface area contributed by atoms with Crippen LogP contribution in [0, 0.1) is 5.41 Å². The third-order valence-electron chi connectivity index (χ3n) is 6.30. The molecule has 2 aromatic carbocycles. The van der Waals surface area contributed by atoms with Crippen LogP contribution in [0.4, 0.5) is 33.6 Å². The summed E-state index contributed by atoms with van der Waals surface area (Å²) < 4.78 is 76.9. The summed E-state index contributed by atoms with van der Waals surface area (Å²) >= 11 is 6.31. The highest BCUT2D eigenvalue weighted by Gasteiger charge is 2.68. The molecule has 1 aromatic heterocycles. The van der Waals surface area contributed by atoms with Gasteiger partial charge < -0.3 is 24.7 Å². The number of rotatable bonds is 10. The molecule has 1 saturated carbocycles. The number of esters is 1. The van der Waals surface area contributed by atoms with Gasteiger partial charge in [-0.25, -0.2) is 18.6 Å². The second-order valence-electron chi connectivity index (χ2n) is 8.96. The van der Waals surface area contributed by atoms with Gasteiger partial charge in [0.1, 0.15) is 23.3 Å². The highest BCUT2D eigenvalue weighted by atomic mass is 35.5. The molecule has 0 radical (unpaired) electrons. The Morgan fingerprint density at radius 3 is 2.54 bits per heavy atom. The summed E-state index contributed by atoms with van der Waals surface area (Å²) in [7, 11) is 1.63. The quantitative estimate of drug-likeness (QED) is 0.237. The molecule has 1 amide bonds. The zero-order chi connectivity index (χ0) is 28.5. The van der Waals surface area contributed by atoms with E-state index >= 15 is 0 Å². The molecule has 1 aliphatic rings. The molecule has 14 heteroatoms. The normalized spacial score (nSPS) is 14.4. The Bertz CT molecular complexity index is 1410. The maximum Gasteiger partial charge on any atom is 0.403 e. The standard InChI is InChI=1S/C25H24ClF5N4O4/c1-3-38-21(36)14-9-17-18(10-19(14)39-12-20(27)28)35(2)23(34-17)33-16-8-13(4-5-15(16)26)11-32-22(37)24(6-7-24)25(29,30)31/h4-5,8-10,20H,3,6-7,11-12H2,1-2H3,(H,32,37)(H,33,34). The molecule has 0 saturated heterocycles. The van der Waals surface area contributed by atoms with Crippen LogP contribution in [0.1, 0.15) is 35.7 Å². The van der Waals surface area contributed by atoms with E-state index in [1.165, 1.54) is 18.2 Å². The number of anilines is 2. The second kappa shape index (κ2) is 10.9. The Labute approximate surface area is 224 Å². The zero-order valence-electron chi connectivity index (χ0n) is 20.8. The SMILES string of the molecule is CCOC(=O)c1cc2nc(Nc3cc(CNC(=O)C4(C(F)(F)F)CC4)ccc3Cl)n(C)c2cc1OCC(F)F. The van der Waals surface area contributed by atoms with E-state index in [4.69, 9.17) is 21.1 Å². The minimum atomic E-state index is -4.61. The fourth-order valence-electron chi connectivity index (χ4n) is 3.99. The second-order valence-corrected chi connectivity index (χ2v) is 9.36. The third kappa shape index (κ3) is 5.87. The molecule has 0 aliphatic heterocycles. The number of carbonyl (C=O) groups is 2. The Morgan fingerprint density at radius 2 is 1.92 bits per heavy atom. The van der Waals surface area contributed by atoms with Gasteiger partial charge in [-0.2, -0.15) is 13.2 Å². The van der Waals surface area contributed by atoms with Crippen LogP contribution in [-0.4, -0.2) is 47.2 Å². The van der Waals surface area contributed by atoms with E-state index in [0.717, 1.165) is 0 Å². The molecule has 1 aliphatic carbocycles. The lowest BCUT2D eigenvalue weighted by Gasteiger charge is -2.18. The van der Waals surface area contributed by atoms with Crippen LogP contribution in [0.5, 0.6) is 5.75 Å². The third-order valence-corrected chi connectivity index (χ3v) is 6.63. The molecule has 0 bridgehead atoms. The van der Waals surface area contributed by atoms with E-state index in [1.54, 1.807) is 30.7 Å². The fourth-order valence-corrected chi connectivity index (χ4v) is 4.15. The molecule has 210 valence electrons. The molecule has 39 heavy (non-hydrogen) atoms. The molecular weight excluding hydrogens is 551 g/mol. The van der Waals surface area contributed by atoms with Crippen molar-refractivity contribution in [3.63, 3.8) is 0 Å². The largest absolute Gasteiger partial charge is 0.487 e. The molecule has 3 aromatic rings. The van der Waals surface area contributed by atoms with Crippen molar-refractivity contribution in [2.75, 3.05) is 18.5 Å². The van der Waals surface area contributed by atoms with Crippen LogP contribution >= 0.6 is 11.6 Å². The highest BCUT2D eigenvalue weighted by Crippen LogP contribution is 2.57. The number of hydrogen-bond acceptors (Lipinski definition) is 6. The number of ether oxygens (including phenoxy) is 2. The van der Waals surface area contributed by atoms with E-state index in [1.807, 2.05) is 0 Å². The average molecular weight is 575 g/mol. The first-order valence-electron chi connectivity index (χ1n) is 11.9. The smallest absolute Gasteiger partial charge is 0.403 e. The van der Waals surface area contributed by atoms with Gasteiger partial charge >= 0.3 is 12.1 Å². The summed E-state index contributed by atoms with van der Waals surface area (Å²) in [5.74, 6) is -1.68. The van der Waals surface area contributed by atoms with Gasteiger partial charge in [-0.1, -0.05) is 17.7 Å². The molecule has 8 nitrogen and oxygen atoms in total. The Balaban J connectivity index is 1.58. The molecule has 0 unspecified atom stereocenters. The lowest BCUT2D eigenvalue weighted by molar-refractivity contribution is -0.192. The van der Waals surface area contributed by atoms with Gasteiger partial charge in [0.2, 0.25) is 11.9 Å². The number of carbonyl (C=O) groups excluding carboxylic acids is 2. The van der Waals surface area contributed by atoms with Crippen LogP contribution in [0.15, 0.2) is 30.3 Å². The number of fused-ring (bicyclic) bond motifs is 1. The first-order chi connectivity index (χ1) is 18.4. The van der Waals surface area contributed by atoms with E-state index in [9.17, 15) is 31.5 Å². The summed E-state index contributed by atoms with van der Waals surface area (Å²) in [4.78, 5) is 29.0. The first-order valence-corrected chi connectivity index (χ1v) is 12.2. The number of alkyl halides is 5. The molecule has 0 atom stereocenters. The van der Waals surface area contributed by atoms with E-state index in [2.05, 4.69) is 15.6 Å². The Kier molecular flexibility index (Phi) is 7.92. The molecule has 4 rings (SSSR count). The molecule has 0 spiro atoms. The number of amides is 1. The van der Waals surface area contributed by atoms with Gasteiger partial charge in [-0.05, 0) is 43.5 Å². The summed E-state index contributed by atoms with van der Waals surface area (Å²) in [5, 5.41) is 5.62. The van der Waals surface area contributed by atoms with Gasteiger partial charge in [0, 0.05) is 19.7 Å². The highest BCUT2D eigenvalue weighted by molar-refractivity contribution is 6.33. The van der Waals surface area contributed by atoms with Gasteiger partial charge in [0.05, 0.1) is 28.4 Å². The minimum absolute atomic E-state index is 0.0622. The van der Waals surface area contributed by atoms with Crippen LogP contribution in [0.3, 0.4) is 0 Å². The van der Waals surface area contributed by atoms with Crippen molar-refractivity contribution in [1.29, 1.82) is 0 Å². The van der Waals surface area contributed by atoms with E-state index < -0.39 is 36.5 Å². The number of nitrogens with one attached hydrogen (secondary N) is 2. The number of benzene rings is 2. The topological polar surface area (TPSA) is 94.5 Å². The number of aryl methyl sites for hydroxylation is 1. The van der Waals surface area contributed by atoms with Crippen LogP contribution in [-0.2, 0) is 23.1 Å². The van der Waals surface area contributed by atoms with Crippen molar-refractivity contribution >= 4 is 46.1 Å². The van der Waals surface area contributed by atoms with E-state index in [0.29, 0.717) is 22.3 Å². The van der Waals surface area contributed by atoms with Crippen molar-refractivity contribution in [2.24, 2.45) is 12.5 Å². The number of imidazole rings is 1. The van der Waals surface area contributed by atoms with E-state index in [-0.39, 0.29) is 48.3 Å². The first kappa shape index (κ1) is 28.4. The van der Waals surface area contributed by atoms with Crippen LogP contribution in [0.2, 0.25) is 5.02 Å². The predicted octanol–water partition coefficient (Wildman–Crippen LogP) is 5.75. The fraction of sp³-hybridized carbons (Fsp3) is 0.400. The molecule has 2 N–H and O–H groups in total. The number of nitrogens with zero attached hydrogens (tertiary/aromatic N) is 2. The zero-order valence-corrected chi connectivity index (χ0v) is 21.6. The average Bonchev–Trinajstić information content (AvgIpc) is 3.64. The van der Waals surface area contributed by atoms with Gasteiger partial charge in [0.15, 0.2) is 0 Å². The van der Waals surface area contributed by atoms with Gasteiger partial charge in [0.25, 0.3) is 6.43 Å². The molecule has 1 fully saturated rings. The summed E-state index contributed by atoms with van der Waals surface area (Å²) in [6.07, 6.45) is -7.85. The lowest BCUT2D eigenvalue weighted by atomic mass is 10.1. The summed E-state index contributed by atoms with van der Waals surface area (Å²) in [5.41, 5.74) is -0.797. The maximum absolute atomic E-state index is 13.2. The lowest BCUT2D eigenvalue weighted by Crippen LogP contribution is -2.40. The summed E-state index contributed by atoms with van der Waals surface area (Å²) in [6.45, 7) is 0.581. The minimum Gasteiger partial charge on any atom is -0.487 e. The van der Waals surface area contributed by atoms with Gasteiger partial charge in [-0.3, -0.25) is 4.79 Å². The van der Waals surface area contributed by atoms with Crippen LogP contribution in [0.25, 0.3) is 11.0 Å². The van der Waals surface area contributed by atoms with Crippen molar-refractivity contribution in [2.45, 2.75) is 38.9 Å². The van der Waals surface area contributed by atoms with Gasteiger partial charge in [-0.15, -0.1) is 0 Å². The summed E-state index contributed by atoms with van der Waals surface area (Å²) in [6, 6.07) is 7.38. The van der Waals surface area contributed by atoms with Crippen molar-refractivity contribution in [1.82, 2.24) is 14.9 Å². The Hall–Kier alpha value is -3.61. The number of halogens is 6. The van der Waals surface area contributed by atoms with Crippen molar-refractivity contribution in [3.05, 3.63) is 46.5 Å². The number of hydrogen-bond donors (Lipinski definition) is 2. The van der Waals surface area contributed by atoms with Crippen molar-refractivity contribution < 1.29 is 41.0 Å². The van der Waals surface area contributed by atoms with Crippen LogP contribution < -0.4 is 15.4 Å². The monoisotopic (exact) mass is 574 g/mol. The van der Waals surface area contributed by atoms with Crippen molar-refractivity contribution in [3.8, 4) is 5.75 Å². The Morgan fingerprint density at radius 1 is 1.21 bits per heavy atom. The maximum atomic E-state index is 13.2. The molecule has 1 heterocycles.